The summed E-state index contributed by atoms with van der Waals surface area (Å²) in [6, 6.07) is -3.57. The van der Waals surface area contributed by atoms with E-state index in [1.54, 1.807) is 0 Å². The number of ether oxygens (including phenoxy) is 19. The van der Waals surface area contributed by atoms with Crippen molar-refractivity contribution in [2.24, 2.45) is 5.92 Å². The Balaban J connectivity index is 1.27. The molecule has 17 atom stereocenters. The largest absolute Gasteiger partial charge is 0.463 e. The highest BCUT2D eigenvalue weighted by Gasteiger charge is 2.55. The van der Waals surface area contributed by atoms with Crippen LogP contribution >= 0.6 is 0 Å². The molecule has 3 saturated heterocycles. The van der Waals surface area contributed by atoms with Crippen molar-refractivity contribution in [1.82, 2.24) is 36.8 Å². The van der Waals surface area contributed by atoms with Crippen LogP contribution in [0.15, 0.2) is 0 Å². The number of nitrogens with one attached hydrogen (secondary N) is 6. The van der Waals surface area contributed by atoms with Crippen molar-refractivity contribution in [3.05, 3.63) is 29.1 Å². The fourth-order valence-electron chi connectivity index (χ4n) is 15.4. The van der Waals surface area contributed by atoms with Gasteiger partial charge in [0, 0.05) is 188 Å². The lowest BCUT2D eigenvalue weighted by Crippen LogP contribution is -2.66. The van der Waals surface area contributed by atoms with Gasteiger partial charge in [0.15, 0.2) is 55.5 Å². The zero-order valence-electron chi connectivity index (χ0n) is 79.5. The van der Waals surface area contributed by atoms with Crippen LogP contribution in [0.4, 0.5) is 22.0 Å². The quantitative estimate of drug-likeness (QED) is 0.0102. The first-order chi connectivity index (χ1) is 65.0. The van der Waals surface area contributed by atoms with Crippen molar-refractivity contribution >= 4 is 101 Å². The zero-order chi connectivity index (χ0) is 102. The van der Waals surface area contributed by atoms with Crippen LogP contribution in [-0.4, -0.2) is 309 Å². The minimum atomic E-state index is -2.44. The number of unbranched alkanes of at least 4 members (excludes halogenated alkanes) is 8. The van der Waals surface area contributed by atoms with Crippen molar-refractivity contribution < 1.29 is 193 Å². The van der Waals surface area contributed by atoms with E-state index in [4.69, 9.17) is 85.3 Å². The normalized spacial score (nSPS) is 23.9. The molecular weight excluding hydrogens is 1840 g/mol. The van der Waals surface area contributed by atoms with Crippen molar-refractivity contribution in [3.8, 4) is 5.75 Å². The predicted octanol–water partition coefficient (Wildman–Crippen LogP) is 4.09. The first-order valence-corrected chi connectivity index (χ1v) is 45.6. The Morgan fingerprint density at radius 2 is 0.606 bits per heavy atom. The van der Waals surface area contributed by atoms with Gasteiger partial charge >= 0.3 is 59.7 Å². The molecule has 0 radical (unpaired) electrons. The molecule has 137 heavy (non-hydrogen) atoms. The Hall–Kier alpha value is -10.5. The number of carbonyl (C=O) groups excluding carboxylic acids is 17. The minimum Gasteiger partial charge on any atom is -0.463 e. The summed E-state index contributed by atoms with van der Waals surface area (Å²) in [6.45, 7) is 12.9. The number of hydrogen-bond acceptors (Lipinski definition) is 36. The maximum absolute atomic E-state index is 14.6. The third kappa shape index (κ3) is 42.8. The maximum Gasteiger partial charge on any atom is 0.311 e. The molecule has 0 bridgehead atoms. The third-order valence-electron chi connectivity index (χ3n) is 21.4. The Labute approximate surface area is 789 Å². The third-order valence-corrected chi connectivity index (χ3v) is 21.4. The van der Waals surface area contributed by atoms with Gasteiger partial charge in [0.2, 0.25) is 76.2 Å². The van der Waals surface area contributed by atoms with Crippen LogP contribution in [-0.2, 0) is 167 Å². The van der Waals surface area contributed by atoms with Gasteiger partial charge in [-0.15, -0.1) is 0 Å². The van der Waals surface area contributed by atoms with E-state index in [2.05, 4.69) is 36.6 Å². The van der Waals surface area contributed by atoms with E-state index in [0.29, 0.717) is 57.8 Å². The zero-order valence-corrected chi connectivity index (χ0v) is 79.5. The number of rotatable bonds is 59. The number of halogens is 5. The average molecular weight is 1970 g/mol. The second kappa shape index (κ2) is 61.7. The monoisotopic (exact) mass is 1970 g/mol. The molecule has 774 valence electrons. The van der Waals surface area contributed by atoms with Gasteiger partial charge < -0.3 is 127 Å². The summed E-state index contributed by atoms with van der Waals surface area (Å²) in [6.07, 6.45) is -13.4. The molecule has 3 heterocycles. The number of carbonyl (C=O) groups is 17. The summed E-state index contributed by atoms with van der Waals surface area (Å²) in [4.78, 5) is 215. The number of amides is 7. The summed E-state index contributed by atoms with van der Waals surface area (Å²) < 4.78 is 179. The topological polar surface area (TPSA) is 541 Å². The molecule has 1 aliphatic carbocycles. The highest BCUT2D eigenvalue weighted by molar-refractivity contribution is 5.80. The molecule has 3 aliphatic heterocycles. The van der Waals surface area contributed by atoms with Gasteiger partial charge in [-0.2, -0.15) is 8.78 Å². The van der Waals surface area contributed by atoms with Gasteiger partial charge in [-0.1, -0.05) is 25.7 Å². The Morgan fingerprint density at radius 3 is 0.912 bits per heavy atom. The smallest absolute Gasteiger partial charge is 0.311 e. The van der Waals surface area contributed by atoms with Gasteiger partial charge in [0.05, 0.1) is 12.2 Å². The van der Waals surface area contributed by atoms with Crippen LogP contribution in [0.25, 0.3) is 0 Å². The number of hydrogen-bond donors (Lipinski definition) is 6. The molecule has 1 aromatic rings. The van der Waals surface area contributed by atoms with E-state index in [1.807, 2.05) is 0 Å². The molecule has 0 spiro atoms. The lowest BCUT2D eigenvalue weighted by Gasteiger charge is -2.44. The Kier molecular flexibility index (Phi) is 52.7. The molecule has 5 rings (SSSR count). The molecule has 7 amide bonds. The lowest BCUT2D eigenvalue weighted by molar-refractivity contribution is -0.277. The average Bonchev–Trinajstić information content (AvgIpc) is 0.790. The van der Waals surface area contributed by atoms with Gasteiger partial charge in [-0.05, 0) is 83.5 Å². The molecule has 48 heteroatoms. The van der Waals surface area contributed by atoms with Crippen molar-refractivity contribution in [2.75, 3.05) is 92.7 Å². The van der Waals surface area contributed by atoms with E-state index in [1.165, 1.54) is 32.7 Å². The Morgan fingerprint density at radius 1 is 0.321 bits per heavy atom. The highest BCUT2D eigenvalue weighted by atomic mass is 19.2. The highest BCUT2D eigenvalue weighted by Crippen LogP contribution is 2.37. The minimum absolute atomic E-state index is 0.00361. The van der Waals surface area contributed by atoms with Crippen molar-refractivity contribution in [3.63, 3.8) is 0 Å². The van der Waals surface area contributed by atoms with E-state index in [-0.39, 0.29) is 160 Å². The van der Waals surface area contributed by atoms with Crippen LogP contribution in [0.5, 0.6) is 5.75 Å². The Bertz CT molecular complexity index is 3990. The maximum atomic E-state index is 14.6. The second-order valence-corrected chi connectivity index (χ2v) is 33.1. The predicted molar refractivity (Wildman–Crippen MR) is 458 cm³/mol. The molecular formula is C89H132F5N7O36. The first kappa shape index (κ1) is 117. The van der Waals surface area contributed by atoms with Gasteiger partial charge in [-0.25, -0.2) is 13.2 Å². The van der Waals surface area contributed by atoms with E-state index in [9.17, 15) is 103 Å². The molecule has 4 fully saturated rings. The van der Waals surface area contributed by atoms with Crippen molar-refractivity contribution in [1.29, 1.82) is 0 Å². The van der Waals surface area contributed by atoms with Gasteiger partial charge in [0.1, 0.15) is 62.4 Å². The molecule has 4 aliphatic rings. The fraction of sp³-hybridized carbons (Fsp3) is 0.742. The van der Waals surface area contributed by atoms with Crippen molar-refractivity contribution in [2.45, 2.75) is 328 Å². The number of benzene rings is 1. The van der Waals surface area contributed by atoms with Gasteiger partial charge in [0.25, 0.3) is 0 Å². The molecule has 0 unspecified atom stereocenters. The molecule has 6 N–H and O–H groups in total. The van der Waals surface area contributed by atoms with Crippen LogP contribution < -0.4 is 36.6 Å². The molecule has 0 aromatic heterocycles. The summed E-state index contributed by atoms with van der Waals surface area (Å²) in [7, 11) is 1.54. The summed E-state index contributed by atoms with van der Waals surface area (Å²) in [5, 5.41) is 16.5. The molecule has 1 aromatic carbocycles. The van der Waals surface area contributed by atoms with E-state index < -0.39 is 255 Å². The molecule has 43 nitrogen and oxygen atoms in total. The van der Waals surface area contributed by atoms with Crippen LogP contribution in [0.3, 0.4) is 0 Å². The van der Waals surface area contributed by atoms with Crippen LogP contribution in [0.1, 0.15) is 218 Å². The SMILES string of the molecule is CC(=O)N[C@H]1[C@H](OCCCCCC(=O)NCCCOC2[C@H](OCCCNC(=O)CCCCCO[C@@H]3O[C@H](COC(C)=O)[C@H](OC(C)=O)[C@H](OC(C)=O)[C@H]3NC(C)=O)CC(C(=O)N(C)CCCCCC(=O)Oc3c(F)c(F)c(F)c(F)c3F)C[C@H]2OCCCNC(=O)CCCCCO[C@@H]2O[C@H](COC(C)=O)[C@H](OC(C)=O)[C@H](OC(C)=O)[C@H]2NC(C)=O)O[C@H](COC(C)=O)[C@H](OC(C)=O)[C@@H]1OC(C)=O. The summed E-state index contributed by atoms with van der Waals surface area (Å²) in [5.41, 5.74) is 0. The van der Waals surface area contributed by atoms with E-state index >= 15 is 0 Å². The standard InChI is InChI=1S/C89H132F5N7O36/c1-48(102)98-75-83(131-57(10)111)79(128-54(7)108)63(45-125-51(4)105)134-87(75)122-37-23-15-18-29-66(114)95-33-26-40-119-61-43-60(86(118)101(13)36-22-14-21-32-69(117)137-82-73(93)71(91)70(90)72(92)74(82)94)44-62(120-41-27-34-96-67(115)30-19-16-24-38-123-88-76(99-49(2)103)84(132-58(11)112)80(129-55(8)109)64(135-88)46-126-52(5)106)78(61)121-42-28-35-97-68(116)31-20-17-25-39-124-89-77(100-50(3)104)85(133-59(12)113)81(130-56(9)110)65(136-89)47-127-53(6)107/h60-65,75-81,83-85,87-89H,14-47H2,1-13H3,(H,95,114)(H,96,115)(H,97,116)(H,98,102)(H,99,103)(H,100,104)/t60?,61-,62-,63-,64-,65-,75-,76-,77-,78?,79+,80+,81+,83-,84-,85-,87-,88-,89-/m1/s1. The number of esters is 10. The van der Waals surface area contributed by atoms with Crippen LogP contribution in [0.2, 0.25) is 0 Å². The summed E-state index contributed by atoms with van der Waals surface area (Å²) >= 11 is 0. The first-order valence-electron chi connectivity index (χ1n) is 45.6. The van der Waals surface area contributed by atoms with Crippen LogP contribution in [0, 0.1) is 35.0 Å². The lowest BCUT2D eigenvalue weighted by atomic mass is 9.82. The number of nitrogens with zero attached hydrogens (tertiary/aromatic N) is 1. The summed E-state index contributed by atoms with van der Waals surface area (Å²) in [5.74, 6) is -25.3. The van der Waals surface area contributed by atoms with Gasteiger partial charge in [-0.3, -0.25) is 81.5 Å². The van der Waals surface area contributed by atoms with E-state index in [0.717, 1.165) is 62.3 Å². The molecule has 1 saturated carbocycles. The second-order valence-electron chi connectivity index (χ2n) is 33.1. The fourth-order valence-corrected chi connectivity index (χ4v) is 15.4.